The summed E-state index contributed by atoms with van der Waals surface area (Å²) in [7, 11) is 0. The van der Waals surface area contributed by atoms with E-state index < -0.39 is 11.9 Å². The smallest absolute Gasteiger partial charge is 0.249 e. The zero-order chi connectivity index (χ0) is 14.7. The minimum atomic E-state index is -0.511. The van der Waals surface area contributed by atoms with E-state index in [4.69, 9.17) is 4.74 Å². The Morgan fingerprint density at radius 1 is 1.35 bits per heavy atom. The number of nitrogens with zero attached hydrogens (tertiary/aromatic N) is 1. The molecule has 3 amide bonds. The van der Waals surface area contributed by atoms with Gasteiger partial charge in [-0.2, -0.15) is 0 Å². The molecule has 6 nitrogen and oxygen atoms in total. The van der Waals surface area contributed by atoms with Crippen molar-refractivity contribution in [1.82, 2.24) is 10.2 Å². The van der Waals surface area contributed by atoms with Crippen LogP contribution in [0.25, 0.3) is 0 Å². The van der Waals surface area contributed by atoms with E-state index in [0.29, 0.717) is 25.4 Å². The number of nitrogens with one attached hydrogen (secondary N) is 1. The summed E-state index contributed by atoms with van der Waals surface area (Å²) in [6.45, 7) is 4.49. The van der Waals surface area contributed by atoms with Crippen LogP contribution in [0.1, 0.15) is 39.5 Å². The molecule has 1 heterocycles. The SMILES string of the molecule is CCOC1CC(CC(=O)N2CC(=O)NC(=O)C2CC)C1. The van der Waals surface area contributed by atoms with E-state index >= 15 is 0 Å². The zero-order valence-corrected chi connectivity index (χ0v) is 12.1. The monoisotopic (exact) mass is 282 g/mol. The second-order valence-corrected chi connectivity index (χ2v) is 5.48. The van der Waals surface area contributed by atoms with Crippen molar-refractivity contribution in [3.8, 4) is 0 Å². The number of imide groups is 1. The Labute approximate surface area is 118 Å². The highest BCUT2D eigenvalue weighted by Gasteiger charge is 2.38. The first-order chi connectivity index (χ1) is 9.55. The summed E-state index contributed by atoms with van der Waals surface area (Å²) in [6.07, 6.45) is 2.98. The van der Waals surface area contributed by atoms with Crippen LogP contribution < -0.4 is 5.32 Å². The Bertz CT molecular complexity index is 404. The van der Waals surface area contributed by atoms with Crippen molar-refractivity contribution >= 4 is 17.7 Å². The Hall–Kier alpha value is -1.43. The Morgan fingerprint density at radius 3 is 2.65 bits per heavy atom. The summed E-state index contributed by atoms with van der Waals surface area (Å²) in [6, 6.07) is -0.511. The van der Waals surface area contributed by atoms with Gasteiger partial charge >= 0.3 is 0 Å². The number of piperazine rings is 1. The minimum Gasteiger partial charge on any atom is -0.378 e. The lowest BCUT2D eigenvalue weighted by Gasteiger charge is -2.38. The second-order valence-electron chi connectivity index (χ2n) is 5.48. The first-order valence-corrected chi connectivity index (χ1v) is 7.29. The third kappa shape index (κ3) is 3.17. The lowest BCUT2D eigenvalue weighted by atomic mass is 9.79. The molecule has 0 radical (unpaired) electrons. The molecule has 112 valence electrons. The molecular weight excluding hydrogens is 260 g/mol. The van der Waals surface area contributed by atoms with Crippen LogP contribution in [0.5, 0.6) is 0 Å². The lowest BCUT2D eigenvalue weighted by Crippen LogP contribution is -2.59. The predicted molar refractivity (Wildman–Crippen MR) is 71.7 cm³/mol. The van der Waals surface area contributed by atoms with E-state index in [2.05, 4.69) is 5.32 Å². The van der Waals surface area contributed by atoms with Gasteiger partial charge in [-0.3, -0.25) is 19.7 Å². The highest BCUT2D eigenvalue weighted by atomic mass is 16.5. The second kappa shape index (κ2) is 6.35. The summed E-state index contributed by atoms with van der Waals surface area (Å²) >= 11 is 0. The molecule has 6 heteroatoms. The van der Waals surface area contributed by atoms with E-state index in [9.17, 15) is 14.4 Å². The maximum absolute atomic E-state index is 12.3. The molecule has 20 heavy (non-hydrogen) atoms. The topological polar surface area (TPSA) is 75.7 Å². The highest BCUT2D eigenvalue weighted by molar-refractivity contribution is 6.04. The van der Waals surface area contributed by atoms with Crippen molar-refractivity contribution in [3.05, 3.63) is 0 Å². The predicted octanol–water partition coefficient (Wildman–Crippen LogP) is 0.455. The van der Waals surface area contributed by atoms with Crippen LogP contribution in [0.3, 0.4) is 0 Å². The molecule has 1 saturated heterocycles. The van der Waals surface area contributed by atoms with Crippen LogP contribution in [-0.4, -0.2) is 47.9 Å². The number of carbonyl (C=O) groups is 3. The van der Waals surface area contributed by atoms with E-state index in [1.807, 2.05) is 13.8 Å². The van der Waals surface area contributed by atoms with Crippen LogP contribution in [0, 0.1) is 5.92 Å². The molecule has 1 saturated carbocycles. The van der Waals surface area contributed by atoms with Gasteiger partial charge in [0.25, 0.3) is 0 Å². The molecule has 0 aromatic carbocycles. The van der Waals surface area contributed by atoms with E-state index in [-0.39, 0.29) is 24.5 Å². The van der Waals surface area contributed by atoms with Gasteiger partial charge in [0.15, 0.2) is 0 Å². The van der Waals surface area contributed by atoms with Gasteiger partial charge < -0.3 is 9.64 Å². The van der Waals surface area contributed by atoms with Gasteiger partial charge in [0.05, 0.1) is 6.10 Å². The fourth-order valence-electron chi connectivity index (χ4n) is 2.91. The van der Waals surface area contributed by atoms with Gasteiger partial charge in [0.1, 0.15) is 12.6 Å². The van der Waals surface area contributed by atoms with E-state index in [1.54, 1.807) is 0 Å². The Morgan fingerprint density at radius 2 is 2.05 bits per heavy atom. The molecule has 2 rings (SSSR count). The van der Waals surface area contributed by atoms with Crippen molar-refractivity contribution in [3.63, 3.8) is 0 Å². The number of amides is 3. The largest absolute Gasteiger partial charge is 0.378 e. The van der Waals surface area contributed by atoms with Crippen LogP contribution in [-0.2, 0) is 19.1 Å². The van der Waals surface area contributed by atoms with Gasteiger partial charge in [-0.05, 0) is 32.1 Å². The van der Waals surface area contributed by atoms with Crippen LogP contribution in [0.2, 0.25) is 0 Å². The molecule has 1 unspecified atom stereocenters. The molecule has 1 aliphatic carbocycles. The molecule has 2 aliphatic rings. The summed E-state index contributed by atoms with van der Waals surface area (Å²) in [5.74, 6) is -0.539. The van der Waals surface area contributed by atoms with Gasteiger partial charge in [-0.1, -0.05) is 6.92 Å². The number of ether oxygens (including phenoxy) is 1. The maximum atomic E-state index is 12.3. The van der Waals surface area contributed by atoms with Crippen molar-refractivity contribution in [1.29, 1.82) is 0 Å². The maximum Gasteiger partial charge on any atom is 0.249 e. The molecule has 2 fully saturated rings. The average molecular weight is 282 g/mol. The van der Waals surface area contributed by atoms with Gasteiger partial charge in [-0.25, -0.2) is 0 Å². The minimum absolute atomic E-state index is 0.00924. The van der Waals surface area contributed by atoms with Gasteiger partial charge in [0, 0.05) is 13.0 Å². The lowest BCUT2D eigenvalue weighted by molar-refractivity contribution is -0.151. The van der Waals surface area contributed by atoms with Crippen LogP contribution >= 0.6 is 0 Å². The first-order valence-electron chi connectivity index (χ1n) is 7.29. The number of rotatable bonds is 5. The Balaban J connectivity index is 1.87. The molecule has 0 aromatic heterocycles. The summed E-state index contributed by atoms with van der Waals surface area (Å²) < 4.78 is 5.47. The molecule has 1 N–H and O–H groups in total. The van der Waals surface area contributed by atoms with Gasteiger partial charge in [0.2, 0.25) is 17.7 Å². The number of hydrogen-bond acceptors (Lipinski definition) is 4. The molecular formula is C14H22N2O4. The quantitative estimate of drug-likeness (QED) is 0.743. The van der Waals surface area contributed by atoms with Crippen molar-refractivity contribution in [2.24, 2.45) is 5.92 Å². The van der Waals surface area contributed by atoms with Crippen LogP contribution in [0.15, 0.2) is 0 Å². The van der Waals surface area contributed by atoms with Gasteiger partial charge in [-0.15, -0.1) is 0 Å². The van der Waals surface area contributed by atoms with Crippen molar-refractivity contribution in [2.75, 3.05) is 13.2 Å². The molecule has 0 aromatic rings. The summed E-state index contributed by atoms with van der Waals surface area (Å²) in [5, 5.41) is 2.28. The summed E-state index contributed by atoms with van der Waals surface area (Å²) in [5.41, 5.74) is 0. The van der Waals surface area contributed by atoms with E-state index in [1.165, 1.54) is 4.90 Å². The molecule has 1 aliphatic heterocycles. The number of carbonyl (C=O) groups excluding carboxylic acids is 3. The Kier molecular flexibility index (Phi) is 4.75. The third-order valence-electron chi connectivity index (χ3n) is 4.02. The standard InChI is InChI=1S/C14H22N2O4/c1-3-11-14(19)15-12(17)8-16(11)13(18)7-9-5-10(6-9)20-4-2/h9-11H,3-8H2,1-2H3,(H,15,17,19). The normalized spacial score (nSPS) is 29.9. The molecule has 0 spiro atoms. The highest BCUT2D eigenvalue weighted by Crippen LogP contribution is 2.33. The van der Waals surface area contributed by atoms with Crippen LogP contribution in [0.4, 0.5) is 0 Å². The zero-order valence-electron chi connectivity index (χ0n) is 12.1. The molecule has 1 atom stereocenters. The summed E-state index contributed by atoms with van der Waals surface area (Å²) in [4.78, 5) is 36.8. The van der Waals surface area contributed by atoms with E-state index in [0.717, 1.165) is 12.8 Å². The van der Waals surface area contributed by atoms with Crippen molar-refractivity contribution in [2.45, 2.75) is 51.7 Å². The van der Waals surface area contributed by atoms with Crippen molar-refractivity contribution < 1.29 is 19.1 Å². The molecule has 0 bridgehead atoms. The fourth-order valence-corrected chi connectivity index (χ4v) is 2.91. The third-order valence-corrected chi connectivity index (χ3v) is 4.02. The fraction of sp³-hybridized carbons (Fsp3) is 0.786. The first kappa shape index (κ1) is 15.0. The number of hydrogen-bond donors (Lipinski definition) is 1. The average Bonchev–Trinajstić information content (AvgIpc) is 2.35.